The van der Waals surface area contributed by atoms with Crippen molar-refractivity contribution in [3.8, 4) is 9.85 Å². The van der Waals surface area contributed by atoms with E-state index in [0.29, 0.717) is 0 Å². The van der Waals surface area contributed by atoms with E-state index >= 15 is 0 Å². The number of alkyl halides is 1. The van der Waals surface area contributed by atoms with Crippen molar-refractivity contribution >= 4 is 40.2 Å². The van der Waals surface area contributed by atoms with Gasteiger partial charge in [0.15, 0.2) is 0 Å². The standard InChI is InChI=1S/C5H4ClIO2/c1-4(8)9-5(6)2-3-7/h5H,1H3. The van der Waals surface area contributed by atoms with E-state index in [1.54, 1.807) is 0 Å². The molecule has 0 aliphatic carbocycles. The molecule has 2 nitrogen and oxygen atoms in total. The average Bonchev–Trinajstić information content (AvgIpc) is 1.63. The first-order chi connectivity index (χ1) is 4.16. The van der Waals surface area contributed by atoms with Gasteiger partial charge in [-0.3, -0.25) is 4.79 Å². The summed E-state index contributed by atoms with van der Waals surface area (Å²) >= 11 is 7.17. The average molecular weight is 258 g/mol. The molecule has 0 aliphatic heterocycles. The molecule has 1 unspecified atom stereocenters. The van der Waals surface area contributed by atoms with Gasteiger partial charge in [-0.05, 0) is 9.85 Å². The molecular weight excluding hydrogens is 254 g/mol. The van der Waals surface area contributed by atoms with Crippen molar-refractivity contribution in [2.24, 2.45) is 0 Å². The zero-order valence-electron chi connectivity index (χ0n) is 4.65. The maximum Gasteiger partial charge on any atom is 0.304 e. The number of esters is 1. The monoisotopic (exact) mass is 258 g/mol. The van der Waals surface area contributed by atoms with Crippen molar-refractivity contribution in [2.45, 2.75) is 12.5 Å². The van der Waals surface area contributed by atoms with Crippen LogP contribution in [-0.4, -0.2) is 11.5 Å². The Morgan fingerprint density at radius 1 is 1.89 bits per heavy atom. The first-order valence-electron chi connectivity index (χ1n) is 2.09. The molecule has 0 spiro atoms. The second-order valence-corrected chi connectivity index (χ2v) is 2.10. The van der Waals surface area contributed by atoms with E-state index in [0.717, 1.165) is 0 Å². The highest BCUT2D eigenvalue weighted by Crippen LogP contribution is 1.96. The topological polar surface area (TPSA) is 26.3 Å². The molecule has 0 rings (SSSR count). The molecule has 9 heavy (non-hydrogen) atoms. The number of carbonyl (C=O) groups is 1. The highest BCUT2D eigenvalue weighted by Gasteiger charge is 2.00. The zero-order chi connectivity index (χ0) is 7.28. The predicted molar refractivity (Wildman–Crippen MR) is 43.2 cm³/mol. The summed E-state index contributed by atoms with van der Waals surface area (Å²) in [5.41, 5.74) is -0.806. The molecule has 0 aliphatic rings. The van der Waals surface area contributed by atoms with E-state index in [9.17, 15) is 4.79 Å². The Morgan fingerprint density at radius 3 is 2.78 bits per heavy atom. The smallest absolute Gasteiger partial charge is 0.304 e. The SMILES string of the molecule is CC(=O)OC(Cl)C#CI. The highest BCUT2D eigenvalue weighted by molar-refractivity contribution is 14.1. The summed E-state index contributed by atoms with van der Waals surface area (Å²) in [5.74, 6) is 2.01. The van der Waals surface area contributed by atoms with Crippen LogP contribution in [0.15, 0.2) is 0 Å². The fourth-order valence-electron chi connectivity index (χ4n) is 0.218. The van der Waals surface area contributed by atoms with E-state index < -0.39 is 11.5 Å². The van der Waals surface area contributed by atoms with E-state index in [2.05, 4.69) is 14.6 Å². The Labute approximate surface area is 72.0 Å². The Morgan fingerprint density at radius 2 is 2.44 bits per heavy atom. The summed E-state index contributed by atoms with van der Waals surface area (Å²) < 4.78 is 6.92. The molecule has 0 aromatic rings. The van der Waals surface area contributed by atoms with E-state index in [1.165, 1.54) is 6.92 Å². The molecule has 50 valence electrons. The molecule has 0 aromatic heterocycles. The van der Waals surface area contributed by atoms with Gasteiger partial charge in [0.05, 0.1) is 0 Å². The Hall–Kier alpha value is 0.0500. The molecule has 0 saturated carbocycles. The minimum Gasteiger partial charge on any atom is -0.434 e. The van der Waals surface area contributed by atoms with Crippen LogP contribution in [0.3, 0.4) is 0 Å². The van der Waals surface area contributed by atoms with Crippen LogP contribution in [0.4, 0.5) is 0 Å². The largest absolute Gasteiger partial charge is 0.434 e. The Bertz CT molecular complexity index is 158. The van der Waals surface area contributed by atoms with Crippen LogP contribution < -0.4 is 0 Å². The van der Waals surface area contributed by atoms with E-state index in [-0.39, 0.29) is 0 Å². The normalized spacial score (nSPS) is 11.0. The number of ether oxygens (including phenoxy) is 1. The molecule has 0 saturated heterocycles. The van der Waals surface area contributed by atoms with Crippen LogP contribution in [0.5, 0.6) is 0 Å². The van der Waals surface area contributed by atoms with Crippen LogP contribution in [-0.2, 0) is 9.53 Å². The lowest BCUT2D eigenvalue weighted by Gasteiger charge is -1.99. The second-order valence-electron chi connectivity index (χ2n) is 1.16. The maximum absolute atomic E-state index is 10.2. The fraction of sp³-hybridized carbons (Fsp3) is 0.400. The van der Waals surface area contributed by atoms with Gasteiger partial charge < -0.3 is 4.74 Å². The van der Waals surface area contributed by atoms with E-state index in [4.69, 9.17) is 11.6 Å². The van der Waals surface area contributed by atoms with Gasteiger partial charge >= 0.3 is 5.97 Å². The molecular formula is C5H4ClIO2. The van der Waals surface area contributed by atoms with Crippen LogP contribution >= 0.6 is 34.2 Å². The lowest BCUT2D eigenvalue weighted by Crippen LogP contribution is -2.06. The van der Waals surface area contributed by atoms with Gasteiger partial charge in [-0.25, -0.2) is 0 Å². The van der Waals surface area contributed by atoms with Crippen molar-refractivity contribution in [1.29, 1.82) is 0 Å². The van der Waals surface area contributed by atoms with Gasteiger partial charge in [0.25, 0.3) is 0 Å². The summed E-state index contributed by atoms with van der Waals surface area (Å²) in [7, 11) is 0. The molecule has 0 bridgehead atoms. The molecule has 0 heterocycles. The molecule has 0 aromatic carbocycles. The van der Waals surface area contributed by atoms with Crippen LogP contribution in [0, 0.1) is 9.85 Å². The van der Waals surface area contributed by atoms with Crippen molar-refractivity contribution in [2.75, 3.05) is 0 Å². The molecule has 4 heteroatoms. The third-order valence-electron chi connectivity index (χ3n) is 0.437. The minimum atomic E-state index is -0.806. The predicted octanol–water partition coefficient (Wildman–Crippen LogP) is 1.51. The van der Waals surface area contributed by atoms with Gasteiger partial charge in [-0.2, -0.15) is 0 Å². The van der Waals surface area contributed by atoms with Gasteiger partial charge in [0, 0.05) is 29.5 Å². The summed E-state index contributed by atoms with van der Waals surface area (Å²) in [6.07, 6.45) is 0. The number of hydrogen-bond acceptors (Lipinski definition) is 2. The third-order valence-corrected chi connectivity index (χ3v) is 0.947. The van der Waals surface area contributed by atoms with Gasteiger partial charge in [-0.1, -0.05) is 11.6 Å². The third kappa shape index (κ3) is 5.93. The maximum atomic E-state index is 10.2. The summed E-state index contributed by atoms with van der Waals surface area (Å²) in [5, 5.41) is 0. The summed E-state index contributed by atoms with van der Waals surface area (Å²) in [6.45, 7) is 1.28. The van der Waals surface area contributed by atoms with Crippen molar-refractivity contribution in [3.63, 3.8) is 0 Å². The number of halogens is 2. The number of hydrogen-bond donors (Lipinski definition) is 0. The first kappa shape index (κ1) is 9.05. The number of carbonyl (C=O) groups excluding carboxylic acids is 1. The lowest BCUT2D eigenvalue weighted by molar-refractivity contribution is -0.140. The summed E-state index contributed by atoms with van der Waals surface area (Å²) in [4.78, 5) is 10.2. The van der Waals surface area contributed by atoms with Crippen LogP contribution in [0.2, 0.25) is 0 Å². The second kappa shape index (κ2) is 4.89. The highest BCUT2D eigenvalue weighted by atomic mass is 127. The molecule has 1 atom stereocenters. The first-order valence-corrected chi connectivity index (χ1v) is 3.61. The van der Waals surface area contributed by atoms with Crippen molar-refractivity contribution in [3.05, 3.63) is 0 Å². The molecule has 0 fully saturated rings. The zero-order valence-corrected chi connectivity index (χ0v) is 7.56. The quantitative estimate of drug-likeness (QED) is 0.308. The summed E-state index contributed by atoms with van der Waals surface area (Å²) in [6, 6.07) is 0. The minimum absolute atomic E-state index is 0.422. The number of rotatable bonds is 1. The van der Waals surface area contributed by atoms with Crippen LogP contribution in [0.25, 0.3) is 0 Å². The van der Waals surface area contributed by atoms with Gasteiger partial charge in [0.1, 0.15) is 0 Å². The molecule has 0 N–H and O–H groups in total. The molecule has 0 amide bonds. The Kier molecular flexibility index (Phi) is 4.91. The fourth-order valence-corrected chi connectivity index (χ4v) is 0.865. The lowest BCUT2D eigenvalue weighted by atomic mass is 10.7. The van der Waals surface area contributed by atoms with Gasteiger partial charge in [-0.15, -0.1) is 0 Å². The Balaban J connectivity index is 3.59. The van der Waals surface area contributed by atoms with Crippen molar-refractivity contribution in [1.82, 2.24) is 0 Å². The molecule has 0 radical (unpaired) electrons. The van der Waals surface area contributed by atoms with Crippen LogP contribution in [0.1, 0.15) is 6.92 Å². The van der Waals surface area contributed by atoms with Gasteiger partial charge in [0.2, 0.25) is 5.56 Å². The van der Waals surface area contributed by atoms with E-state index in [1.807, 2.05) is 22.6 Å². The van der Waals surface area contributed by atoms with Crippen molar-refractivity contribution < 1.29 is 9.53 Å².